The molecule has 0 radical (unpaired) electrons. The summed E-state index contributed by atoms with van der Waals surface area (Å²) in [7, 11) is 3.47. The number of aliphatic hydroxyl groups is 1. The quantitative estimate of drug-likeness (QED) is 0.690. The zero-order chi connectivity index (χ0) is 15.7. The van der Waals surface area contributed by atoms with Crippen molar-refractivity contribution in [1.82, 2.24) is 15.1 Å². The van der Waals surface area contributed by atoms with Crippen molar-refractivity contribution in [2.45, 2.75) is 38.5 Å². The summed E-state index contributed by atoms with van der Waals surface area (Å²) in [5, 5.41) is 11.6. The number of hydrogen-bond donors (Lipinski definition) is 2. The lowest BCUT2D eigenvalue weighted by molar-refractivity contribution is -0.126. The number of carbonyl (C=O) groups is 2. The van der Waals surface area contributed by atoms with Crippen molar-refractivity contribution in [3.8, 4) is 0 Å². The number of rotatable bonds is 7. The molecule has 0 aromatic rings. The SMILES string of the molecule is CN(C)C(=O)N1CCCC(C(=O)NCCCCCCO)C1. The zero-order valence-electron chi connectivity index (χ0n) is 13.3. The van der Waals surface area contributed by atoms with E-state index in [1.807, 2.05) is 0 Å². The summed E-state index contributed by atoms with van der Waals surface area (Å²) in [6.07, 6.45) is 5.54. The van der Waals surface area contributed by atoms with Crippen LogP contribution in [0, 0.1) is 5.92 Å². The molecule has 0 aliphatic carbocycles. The molecule has 1 atom stereocenters. The van der Waals surface area contributed by atoms with Crippen LogP contribution in [0.25, 0.3) is 0 Å². The largest absolute Gasteiger partial charge is 0.396 e. The smallest absolute Gasteiger partial charge is 0.319 e. The molecule has 1 aliphatic rings. The first-order valence-electron chi connectivity index (χ1n) is 7.91. The second-order valence-corrected chi connectivity index (χ2v) is 5.89. The summed E-state index contributed by atoms with van der Waals surface area (Å²) < 4.78 is 0. The number of hydrogen-bond acceptors (Lipinski definition) is 3. The summed E-state index contributed by atoms with van der Waals surface area (Å²) in [5.74, 6) is -0.0199. The van der Waals surface area contributed by atoms with Crippen molar-refractivity contribution >= 4 is 11.9 Å². The second kappa shape index (κ2) is 9.60. The Morgan fingerprint density at radius 2 is 1.95 bits per heavy atom. The monoisotopic (exact) mass is 299 g/mol. The number of nitrogens with zero attached hydrogens (tertiary/aromatic N) is 2. The predicted molar refractivity (Wildman–Crippen MR) is 81.9 cm³/mol. The predicted octanol–water partition coefficient (Wildman–Crippen LogP) is 1.05. The Hall–Kier alpha value is -1.30. The number of nitrogens with one attached hydrogen (secondary N) is 1. The third-order valence-electron chi connectivity index (χ3n) is 3.83. The lowest BCUT2D eigenvalue weighted by Crippen LogP contribution is -2.48. The fraction of sp³-hybridized carbons (Fsp3) is 0.867. The van der Waals surface area contributed by atoms with Crippen molar-refractivity contribution in [2.75, 3.05) is 40.3 Å². The highest BCUT2D eigenvalue weighted by Gasteiger charge is 2.28. The Kier molecular flexibility index (Phi) is 8.12. The molecule has 1 heterocycles. The number of piperidine rings is 1. The molecule has 6 heteroatoms. The molecule has 0 spiro atoms. The Morgan fingerprint density at radius 1 is 1.24 bits per heavy atom. The molecule has 2 N–H and O–H groups in total. The lowest BCUT2D eigenvalue weighted by Gasteiger charge is -2.33. The Bertz CT molecular complexity index is 334. The van der Waals surface area contributed by atoms with E-state index in [2.05, 4.69) is 5.32 Å². The number of likely N-dealkylation sites (tertiary alicyclic amines) is 1. The minimum Gasteiger partial charge on any atom is -0.396 e. The van der Waals surface area contributed by atoms with Crippen LogP contribution < -0.4 is 5.32 Å². The van der Waals surface area contributed by atoms with Gasteiger partial charge in [-0.3, -0.25) is 4.79 Å². The molecule has 1 fully saturated rings. The summed E-state index contributed by atoms with van der Waals surface area (Å²) in [6.45, 7) is 2.18. The maximum atomic E-state index is 12.1. The van der Waals surface area contributed by atoms with E-state index < -0.39 is 0 Å². The maximum Gasteiger partial charge on any atom is 0.319 e. The standard InChI is InChI=1S/C15H29N3O3/c1-17(2)15(21)18-10-7-8-13(12-18)14(20)16-9-5-3-4-6-11-19/h13,19H,3-12H2,1-2H3,(H,16,20). The molecule has 6 nitrogen and oxygen atoms in total. The van der Waals surface area contributed by atoms with E-state index in [4.69, 9.17) is 5.11 Å². The van der Waals surface area contributed by atoms with E-state index in [1.54, 1.807) is 23.9 Å². The number of unbranched alkanes of at least 4 members (excludes halogenated alkanes) is 3. The van der Waals surface area contributed by atoms with E-state index in [-0.39, 0.29) is 24.5 Å². The Balaban J connectivity index is 2.25. The molecule has 0 saturated carbocycles. The van der Waals surface area contributed by atoms with Crippen LogP contribution in [0.3, 0.4) is 0 Å². The van der Waals surface area contributed by atoms with Crippen LogP contribution in [-0.4, -0.2) is 67.2 Å². The van der Waals surface area contributed by atoms with Gasteiger partial charge in [-0.15, -0.1) is 0 Å². The number of amides is 3. The average Bonchev–Trinajstić information content (AvgIpc) is 2.49. The first kappa shape index (κ1) is 17.8. The van der Waals surface area contributed by atoms with Crippen LogP contribution >= 0.6 is 0 Å². The van der Waals surface area contributed by atoms with Gasteiger partial charge in [-0.2, -0.15) is 0 Å². The first-order valence-corrected chi connectivity index (χ1v) is 7.91. The van der Waals surface area contributed by atoms with Crippen molar-refractivity contribution in [2.24, 2.45) is 5.92 Å². The van der Waals surface area contributed by atoms with E-state index in [1.165, 1.54) is 0 Å². The van der Waals surface area contributed by atoms with Crippen LogP contribution in [0.1, 0.15) is 38.5 Å². The molecule has 3 amide bonds. The van der Waals surface area contributed by atoms with E-state index in [0.717, 1.165) is 45.1 Å². The fourth-order valence-corrected chi connectivity index (χ4v) is 2.59. The molecule has 0 aromatic carbocycles. The van der Waals surface area contributed by atoms with Crippen LogP contribution in [0.4, 0.5) is 4.79 Å². The normalized spacial score (nSPS) is 18.4. The third kappa shape index (κ3) is 6.33. The molecule has 21 heavy (non-hydrogen) atoms. The van der Waals surface area contributed by atoms with E-state index in [0.29, 0.717) is 13.1 Å². The Morgan fingerprint density at radius 3 is 2.62 bits per heavy atom. The van der Waals surface area contributed by atoms with Gasteiger partial charge in [0, 0.05) is 40.3 Å². The highest BCUT2D eigenvalue weighted by Crippen LogP contribution is 2.17. The molecule has 1 rings (SSSR count). The molecule has 0 aromatic heterocycles. The van der Waals surface area contributed by atoms with Gasteiger partial charge in [0.1, 0.15) is 0 Å². The molecular formula is C15H29N3O3. The van der Waals surface area contributed by atoms with Crippen LogP contribution in [-0.2, 0) is 4.79 Å². The third-order valence-corrected chi connectivity index (χ3v) is 3.83. The second-order valence-electron chi connectivity index (χ2n) is 5.89. The Labute approximate surface area is 127 Å². The van der Waals surface area contributed by atoms with E-state index >= 15 is 0 Å². The molecule has 0 bridgehead atoms. The van der Waals surface area contributed by atoms with Crippen LogP contribution in [0.2, 0.25) is 0 Å². The highest BCUT2D eigenvalue weighted by molar-refractivity contribution is 5.80. The number of urea groups is 1. The minimum absolute atomic E-state index is 0.0171. The van der Waals surface area contributed by atoms with Gasteiger partial charge >= 0.3 is 6.03 Å². The molecule has 1 aliphatic heterocycles. The van der Waals surface area contributed by atoms with Crippen LogP contribution in [0.5, 0.6) is 0 Å². The van der Waals surface area contributed by atoms with Crippen molar-refractivity contribution in [3.63, 3.8) is 0 Å². The average molecular weight is 299 g/mol. The number of carbonyl (C=O) groups excluding carboxylic acids is 2. The molecule has 1 unspecified atom stereocenters. The zero-order valence-corrected chi connectivity index (χ0v) is 13.3. The van der Waals surface area contributed by atoms with Gasteiger partial charge in [-0.25, -0.2) is 4.79 Å². The summed E-state index contributed by atoms with van der Waals surface area (Å²) >= 11 is 0. The van der Waals surface area contributed by atoms with Gasteiger partial charge in [0.25, 0.3) is 0 Å². The lowest BCUT2D eigenvalue weighted by atomic mass is 9.97. The van der Waals surface area contributed by atoms with Gasteiger partial charge in [0.2, 0.25) is 5.91 Å². The summed E-state index contributed by atoms with van der Waals surface area (Å²) in [4.78, 5) is 27.4. The first-order chi connectivity index (χ1) is 10.1. The highest BCUT2D eigenvalue weighted by atomic mass is 16.3. The summed E-state index contributed by atoms with van der Waals surface area (Å²) in [6, 6.07) is -0.0171. The summed E-state index contributed by atoms with van der Waals surface area (Å²) in [5.41, 5.74) is 0. The number of aliphatic hydroxyl groups excluding tert-OH is 1. The van der Waals surface area contributed by atoms with Crippen molar-refractivity contribution in [1.29, 1.82) is 0 Å². The maximum absolute atomic E-state index is 12.1. The van der Waals surface area contributed by atoms with Gasteiger partial charge in [-0.1, -0.05) is 12.8 Å². The van der Waals surface area contributed by atoms with E-state index in [9.17, 15) is 9.59 Å². The van der Waals surface area contributed by atoms with Gasteiger partial charge < -0.3 is 20.2 Å². The van der Waals surface area contributed by atoms with Gasteiger partial charge in [0.15, 0.2) is 0 Å². The van der Waals surface area contributed by atoms with Crippen molar-refractivity contribution < 1.29 is 14.7 Å². The molecule has 1 saturated heterocycles. The minimum atomic E-state index is -0.0832. The topological polar surface area (TPSA) is 72.9 Å². The van der Waals surface area contributed by atoms with Crippen LogP contribution in [0.15, 0.2) is 0 Å². The molecule has 122 valence electrons. The fourth-order valence-electron chi connectivity index (χ4n) is 2.59. The van der Waals surface area contributed by atoms with Gasteiger partial charge in [-0.05, 0) is 25.7 Å². The molecular weight excluding hydrogens is 270 g/mol. The van der Waals surface area contributed by atoms with Crippen molar-refractivity contribution in [3.05, 3.63) is 0 Å². The van der Waals surface area contributed by atoms with Gasteiger partial charge in [0.05, 0.1) is 5.92 Å².